The number of benzene rings is 1. The van der Waals surface area contributed by atoms with Gasteiger partial charge < -0.3 is 16.3 Å². The van der Waals surface area contributed by atoms with E-state index in [0.29, 0.717) is 18.5 Å². The first kappa shape index (κ1) is 17.2. The smallest absolute Gasteiger partial charge is 0.235 e. The maximum absolute atomic E-state index is 12.2. The Labute approximate surface area is 126 Å². The van der Waals surface area contributed by atoms with Gasteiger partial charge in [0.2, 0.25) is 5.91 Å². The molecule has 0 spiro atoms. The molecule has 0 heterocycles. The summed E-state index contributed by atoms with van der Waals surface area (Å²) in [5, 5.41) is 14.5. The van der Waals surface area contributed by atoms with Gasteiger partial charge in [-0.1, -0.05) is 42.4 Å². The molecule has 0 fully saturated rings. The highest BCUT2D eigenvalue weighted by Crippen LogP contribution is 2.16. The molecular formula is C14H21N3O3S. The molecule has 0 aliphatic rings. The van der Waals surface area contributed by atoms with Crippen LogP contribution in [-0.4, -0.2) is 39.2 Å². The Morgan fingerprint density at radius 1 is 1.43 bits per heavy atom. The topological polar surface area (TPSA) is 105 Å². The summed E-state index contributed by atoms with van der Waals surface area (Å²) >= 11 is 0. The molecule has 6 nitrogen and oxygen atoms in total. The van der Waals surface area contributed by atoms with Crippen LogP contribution in [0.1, 0.15) is 24.8 Å². The minimum atomic E-state index is -0.922. The van der Waals surface area contributed by atoms with Crippen LogP contribution in [-0.2, 0) is 15.6 Å². The first-order valence-corrected chi connectivity index (χ1v) is 8.21. The summed E-state index contributed by atoms with van der Waals surface area (Å²) in [4.78, 5) is 12.2. The number of nitrogens with zero attached hydrogens (tertiary/aromatic N) is 1. The zero-order chi connectivity index (χ0) is 15.8. The van der Waals surface area contributed by atoms with Gasteiger partial charge in [0.05, 0.1) is 0 Å². The van der Waals surface area contributed by atoms with Crippen LogP contribution < -0.4 is 11.1 Å². The number of amides is 1. The quantitative estimate of drug-likeness (QED) is 0.300. The van der Waals surface area contributed by atoms with Gasteiger partial charge in [0, 0.05) is 28.9 Å². The lowest BCUT2D eigenvalue weighted by Crippen LogP contribution is -2.38. The standard InChI is InChI=1S/C14H21N3O3S/c1-10(21(2)20)8-9-16-14(18)12(13(15)17-19)11-6-4-3-5-7-11/h3-7,10,12,19H,8-9H2,1-2H3,(H2,15,17)(H,16,18). The largest absolute Gasteiger partial charge is 0.409 e. The number of carbonyl (C=O) groups is 1. The zero-order valence-electron chi connectivity index (χ0n) is 12.2. The number of nitrogens with one attached hydrogen (secondary N) is 1. The van der Waals surface area contributed by atoms with Crippen molar-refractivity contribution in [2.75, 3.05) is 12.8 Å². The summed E-state index contributed by atoms with van der Waals surface area (Å²) < 4.78 is 11.3. The minimum Gasteiger partial charge on any atom is -0.409 e. The molecule has 0 aliphatic carbocycles. The molecule has 4 N–H and O–H groups in total. The Kier molecular flexibility index (Phi) is 6.87. The molecule has 7 heteroatoms. The molecule has 21 heavy (non-hydrogen) atoms. The number of nitrogens with two attached hydrogens (primary N) is 1. The number of oxime groups is 1. The van der Waals surface area contributed by atoms with Gasteiger partial charge in [-0.15, -0.1) is 0 Å². The van der Waals surface area contributed by atoms with E-state index < -0.39 is 16.7 Å². The van der Waals surface area contributed by atoms with Crippen molar-refractivity contribution in [3.63, 3.8) is 0 Å². The van der Waals surface area contributed by atoms with Crippen LogP contribution >= 0.6 is 0 Å². The van der Waals surface area contributed by atoms with Gasteiger partial charge in [-0.3, -0.25) is 9.00 Å². The lowest BCUT2D eigenvalue weighted by Gasteiger charge is -2.16. The first-order valence-electron chi connectivity index (χ1n) is 6.59. The summed E-state index contributed by atoms with van der Waals surface area (Å²) in [7, 11) is -0.922. The molecule has 1 amide bonds. The van der Waals surface area contributed by atoms with Crippen LogP contribution in [0, 0.1) is 0 Å². The van der Waals surface area contributed by atoms with Crippen molar-refractivity contribution in [3.8, 4) is 0 Å². The molecule has 0 radical (unpaired) electrons. The fourth-order valence-corrected chi connectivity index (χ4v) is 2.28. The number of hydrogen-bond donors (Lipinski definition) is 3. The highest BCUT2D eigenvalue weighted by atomic mass is 32.2. The highest BCUT2D eigenvalue weighted by Gasteiger charge is 2.25. The average molecular weight is 311 g/mol. The predicted molar refractivity (Wildman–Crippen MR) is 83.7 cm³/mol. The fraction of sp³-hybridized carbons (Fsp3) is 0.429. The normalized spacial score (nSPS) is 16.0. The van der Waals surface area contributed by atoms with Gasteiger partial charge in [0.15, 0.2) is 5.84 Å². The number of hydrogen-bond acceptors (Lipinski definition) is 4. The van der Waals surface area contributed by atoms with Crippen LogP contribution in [0.2, 0.25) is 0 Å². The van der Waals surface area contributed by atoms with E-state index in [2.05, 4.69) is 10.5 Å². The summed E-state index contributed by atoms with van der Waals surface area (Å²) in [6, 6.07) is 8.87. The Bertz CT molecular complexity index is 519. The van der Waals surface area contributed by atoms with Crippen molar-refractivity contribution in [1.29, 1.82) is 0 Å². The van der Waals surface area contributed by atoms with Gasteiger partial charge in [-0.25, -0.2) is 0 Å². The Morgan fingerprint density at radius 2 is 2.05 bits per heavy atom. The van der Waals surface area contributed by atoms with Crippen molar-refractivity contribution in [1.82, 2.24) is 5.32 Å². The Hall–Kier alpha value is -1.89. The molecule has 1 aromatic rings. The second kappa shape index (κ2) is 8.41. The summed E-state index contributed by atoms with van der Waals surface area (Å²) in [6.45, 7) is 2.25. The SMILES string of the molecule is CC(CCNC(=O)C(/C(N)=N/O)c1ccccc1)S(C)=O. The van der Waals surface area contributed by atoms with Crippen molar-refractivity contribution in [3.05, 3.63) is 35.9 Å². The third-order valence-corrected chi connectivity index (χ3v) is 4.59. The second-order valence-corrected chi connectivity index (χ2v) is 6.56. The summed E-state index contributed by atoms with van der Waals surface area (Å²) in [5.41, 5.74) is 6.27. The average Bonchev–Trinajstić information content (AvgIpc) is 2.48. The highest BCUT2D eigenvalue weighted by molar-refractivity contribution is 7.84. The van der Waals surface area contributed by atoms with Crippen LogP contribution in [0.25, 0.3) is 0 Å². The van der Waals surface area contributed by atoms with Gasteiger partial charge in [0.25, 0.3) is 0 Å². The van der Waals surface area contributed by atoms with E-state index in [0.717, 1.165) is 0 Å². The third kappa shape index (κ3) is 5.18. The Morgan fingerprint density at radius 3 is 2.57 bits per heavy atom. The van der Waals surface area contributed by atoms with Crippen LogP contribution in [0.4, 0.5) is 0 Å². The van der Waals surface area contributed by atoms with Gasteiger partial charge in [0.1, 0.15) is 5.92 Å². The predicted octanol–water partition coefficient (Wildman–Crippen LogP) is 0.790. The van der Waals surface area contributed by atoms with Crippen molar-refractivity contribution in [2.24, 2.45) is 10.9 Å². The lowest BCUT2D eigenvalue weighted by atomic mass is 9.97. The van der Waals surface area contributed by atoms with E-state index in [9.17, 15) is 9.00 Å². The molecular weight excluding hydrogens is 290 g/mol. The molecule has 0 saturated heterocycles. The van der Waals surface area contributed by atoms with Crippen LogP contribution in [0.5, 0.6) is 0 Å². The summed E-state index contributed by atoms with van der Waals surface area (Å²) in [5.74, 6) is -1.34. The molecule has 0 bridgehead atoms. The van der Waals surface area contributed by atoms with E-state index >= 15 is 0 Å². The minimum absolute atomic E-state index is 0.00401. The second-order valence-electron chi connectivity index (χ2n) is 4.76. The van der Waals surface area contributed by atoms with Crippen molar-refractivity contribution >= 4 is 22.5 Å². The van der Waals surface area contributed by atoms with E-state index in [1.165, 1.54) is 0 Å². The van der Waals surface area contributed by atoms with Crippen LogP contribution in [0.3, 0.4) is 0 Å². The van der Waals surface area contributed by atoms with E-state index in [4.69, 9.17) is 10.9 Å². The fourth-order valence-electron chi connectivity index (χ4n) is 1.83. The number of carbonyl (C=O) groups excluding carboxylic acids is 1. The van der Waals surface area contributed by atoms with Gasteiger partial charge in [-0.2, -0.15) is 0 Å². The van der Waals surface area contributed by atoms with E-state index in [1.807, 2.05) is 13.0 Å². The Balaban J connectivity index is 2.72. The molecule has 1 rings (SSSR count). The van der Waals surface area contributed by atoms with E-state index in [-0.39, 0.29) is 17.0 Å². The van der Waals surface area contributed by atoms with Crippen molar-refractivity contribution < 1.29 is 14.2 Å². The molecule has 3 atom stereocenters. The molecule has 0 aliphatic heterocycles. The molecule has 3 unspecified atom stereocenters. The summed E-state index contributed by atoms with van der Waals surface area (Å²) in [6.07, 6.45) is 2.24. The zero-order valence-corrected chi connectivity index (χ0v) is 13.0. The number of rotatable bonds is 7. The maximum Gasteiger partial charge on any atom is 0.235 e. The first-order chi connectivity index (χ1) is 9.97. The molecule has 0 aromatic heterocycles. The molecule has 116 valence electrons. The molecule has 0 saturated carbocycles. The van der Waals surface area contributed by atoms with E-state index in [1.54, 1.807) is 30.5 Å². The molecule has 1 aromatic carbocycles. The lowest BCUT2D eigenvalue weighted by molar-refractivity contribution is -0.121. The number of amidine groups is 1. The monoisotopic (exact) mass is 311 g/mol. The van der Waals surface area contributed by atoms with Gasteiger partial charge in [-0.05, 0) is 12.0 Å². The third-order valence-electron chi connectivity index (χ3n) is 3.22. The van der Waals surface area contributed by atoms with Gasteiger partial charge >= 0.3 is 0 Å². The maximum atomic E-state index is 12.2. The van der Waals surface area contributed by atoms with Crippen molar-refractivity contribution in [2.45, 2.75) is 24.5 Å². The van der Waals surface area contributed by atoms with Crippen LogP contribution in [0.15, 0.2) is 35.5 Å².